The van der Waals surface area contributed by atoms with Gasteiger partial charge in [-0.25, -0.2) is 18.6 Å². The third-order valence-electron chi connectivity index (χ3n) is 4.83. The summed E-state index contributed by atoms with van der Waals surface area (Å²) in [6.07, 6.45) is 1.03. The van der Waals surface area contributed by atoms with Gasteiger partial charge in [0.2, 0.25) is 0 Å². The standard InChI is InChI=1S/C21H20ClF2N3O5/c1-31-6-5-17(21(29)30)27-10-18(32-2)14(8-19(27)28)13-7-12(22)3-4-16(13)26-9-15(20(23)24)25-11-26/h3-4,7-11,17,20H,5-6H2,1-2H3,(H,29,30). The van der Waals surface area contributed by atoms with E-state index in [0.29, 0.717) is 21.8 Å². The first-order chi connectivity index (χ1) is 15.3. The molecule has 0 saturated carbocycles. The molecule has 1 aromatic carbocycles. The molecule has 2 heterocycles. The largest absolute Gasteiger partial charge is 0.495 e. The third-order valence-corrected chi connectivity index (χ3v) is 5.07. The second-order valence-electron chi connectivity index (χ2n) is 6.80. The highest BCUT2D eigenvalue weighted by Gasteiger charge is 2.23. The van der Waals surface area contributed by atoms with Crippen LogP contribution in [-0.4, -0.2) is 46.0 Å². The first-order valence-corrected chi connectivity index (χ1v) is 9.78. The van der Waals surface area contributed by atoms with Crippen LogP contribution in [0.3, 0.4) is 0 Å². The van der Waals surface area contributed by atoms with Crippen molar-refractivity contribution >= 4 is 17.6 Å². The molecule has 1 N–H and O–H groups in total. The number of halogens is 3. The Morgan fingerprint density at radius 2 is 1.97 bits per heavy atom. The second kappa shape index (κ2) is 9.92. The highest BCUT2D eigenvalue weighted by molar-refractivity contribution is 6.31. The maximum absolute atomic E-state index is 13.0. The van der Waals surface area contributed by atoms with Crippen molar-refractivity contribution in [1.82, 2.24) is 14.1 Å². The van der Waals surface area contributed by atoms with E-state index < -0.39 is 29.7 Å². The first-order valence-electron chi connectivity index (χ1n) is 9.41. The lowest BCUT2D eigenvalue weighted by molar-refractivity contribution is -0.141. The lowest BCUT2D eigenvalue weighted by Gasteiger charge is -2.19. The Kier molecular flexibility index (Phi) is 7.26. The van der Waals surface area contributed by atoms with Crippen LogP contribution in [0.4, 0.5) is 8.78 Å². The van der Waals surface area contributed by atoms with Gasteiger partial charge in [0.05, 0.1) is 25.3 Å². The highest BCUT2D eigenvalue weighted by atomic mass is 35.5. The molecule has 32 heavy (non-hydrogen) atoms. The van der Waals surface area contributed by atoms with Crippen LogP contribution in [0.5, 0.6) is 5.75 Å². The summed E-state index contributed by atoms with van der Waals surface area (Å²) in [7, 11) is 2.80. The Bertz CT molecular complexity index is 1180. The van der Waals surface area contributed by atoms with Crippen LogP contribution >= 0.6 is 11.6 Å². The molecule has 0 aliphatic carbocycles. The normalized spacial score (nSPS) is 12.2. The summed E-state index contributed by atoms with van der Waals surface area (Å²) in [5.74, 6) is -0.994. The van der Waals surface area contributed by atoms with Gasteiger partial charge in [-0.3, -0.25) is 9.36 Å². The van der Waals surface area contributed by atoms with Gasteiger partial charge in [0.15, 0.2) is 0 Å². The van der Waals surface area contributed by atoms with Crippen LogP contribution in [0.2, 0.25) is 5.02 Å². The number of benzene rings is 1. The number of nitrogens with zero attached hydrogens (tertiary/aromatic N) is 3. The van der Waals surface area contributed by atoms with E-state index in [0.717, 1.165) is 4.57 Å². The van der Waals surface area contributed by atoms with Gasteiger partial charge in [0, 0.05) is 48.6 Å². The summed E-state index contributed by atoms with van der Waals surface area (Å²) in [5.41, 5.74) is 0.165. The number of aliphatic carboxylic acids is 1. The quantitative estimate of drug-likeness (QED) is 0.511. The number of ether oxygens (including phenoxy) is 2. The zero-order valence-corrected chi connectivity index (χ0v) is 17.9. The summed E-state index contributed by atoms with van der Waals surface area (Å²) in [5, 5.41) is 9.90. The van der Waals surface area contributed by atoms with E-state index in [4.69, 9.17) is 21.1 Å². The fourth-order valence-corrected chi connectivity index (χ4v) is 3.46. The van der Waals surface area contributed by atoms with E-state index >= 15 is 0 Å². The van der Waals surface area contributed by atoms with Crippen LogP contribution < -0.4 is 10.3 Å². The van der Waals surface area contributed by atoms with E-state index in [1.807, 2.05) is 0 Å². The van der Waals surface area contributed by atoms with Crippen molar-refractivity contribution in [2.24, 2.45) is 0 Å². The van der Waals surface area contributed by atoms with Gasteiger partial charge in [0.25, 0.3) is 12.0 Å². The maximum Gasteiger partial charge on any atom is 0.326 e. The molecule has 0 spiro atoms. The number of carbonyl (C=O) groups is 1. The molecule has 0 bridgehead atoms. The molecule has 0 amide bonds. The molecule has 8 nitrogen and oxygen atoms in total. The number of rotatable bonds is 9. The predicted octanol–water partition coefficient (Wildman–Crippen LogP) is 3.96. The smallest absolute Gasteiger partial charge is 0.326 e. The molecule has 3 rings (SSSR count). The van der Waals surface area contributed by atoms with Crippen LogP contribution in [-0.2, 0) is 9.53 Å². The molecular formula is C21H20ClF2N3O5. The van der Waals surface area contributed by atoms with E-state index in [9.17, 15) is 23.5 Å². The van der Waals surface area contributed by atoms with Crippen LogP contribution in [0.25, 0.3) is 16.8 Å². The third kappa shape index (κ3) is 4.81. The van der Waals surface area contributed by atoms with Crippen molar-refractivity contribution in [1.29, 1.82) is 0 Å². The molecule has 0 aliphatic rings. The van der Waals surface area contributed by atoms with Crippen molar-refractivity contribution in [3.63, 3.8) is 0 Å². The van der Waals surface area contributed by atoms with E-state index in [1.165, 1.54) is 43.6 Å². The maximum atomic E-state index is 13.0. The Balaban J connectivity index is 2.18. The van der Waals surface area contributed by atoms with Gasteiger partial charge < -0.3 is 19.1 Å². The van der Waals surface area contributed by atoms with Crippen LogP contribution in [0.15, 0.2) is 47.8 Å². The number of pyridine rings is 1. The van der Waals surface area contributed by atoms with Crippen molar-refractivity contribution in [3.8, 4) is 22.6 Å². The van der Waals surface area contributed by atoms with Crippen molar-refractivity contribution in [2.75, 3.05) is 20.8 Å². The molecule has 11 heteroatoms. The fraction of sp³-hybridized carbons (Fsp3) is 0.286. The molecule has 2 aromatic heterocycles. The number of carboxylic acids is 1. The molecule has 1 atom stereocenters. The lowest BCUT2D eigenvalue weighted by Crippen LogP contribution is -2.30. The summed E-state index contributed by atoms with van der Waals surface area (Å²) >= 11 is 6.17. The van der Waals surface area contributed by atoms with Crippen molar-refractivity contribution in [2.45, 2.75) is 18.9 Å². The van der Waals surface area contributed by atoms with Gasteiger partial charge in [-0.1, -0.05) is 11.6 Å². The Hall–Kier alpha value is -3.24. The monoisotopic (exact) mass is 467 g/mol. The van der Waals surface area contributed by atoms with Gasteiger partial charge in [-0.15, -0.1) is 0 Å². The number of aromatic nitrogens is 3. The molecule has 1 unspecified atom stereocenters. The van der Waals surface area contributed by atoms with E-state index in [2.05, 4.69) is 4.98 Å². The van der Waals surface area contributed by atoms with Gasteiger partial charge >= 0.3 is 5.97 Å². The lowest BCUT2D eigenvalue weighted by atomic mass is 10.0. The summed E-state index contributed by atoms with van der Waals surface area (Å²) in [6.45, 7) is 0.138. The molecule has 0 saturated heterocycles. The number of imidazole rings is 1. The van der Waals surface area contributed by atoms with Crippen LogP contribution in [0, 0.1) is 0 Å². The average Bonchev–Trinajstić information content (AvgIpc) is 3.25. The van der Waals surface area contributed by atoms with E-state index in [-0.39, 0.29) is 18.8 Å². The minimum atomic E-state index is -2.74. The Morgan fingerprint density at radius 3 is 2.56 bits per heavy atom. The zero-order chi connectivity index (χ0) is 23.4. The summed E-state index contributed by atoms with van der Waals surface area (Å²) in [6, 6.07) is 4.79. The second-order valence-corrected chi connectivity index (χ2v) is 7.24. The molecule has 0 fully saturated rings. The Morgan fingerprint density at radius 1 is 1.22 bits per heavy atom. The Labute approximate surface area is 186 Å². The minimum absolute atomic E-state index is 0.0715. The fourth-order valence-electron chi connectivity index (χ4n) is 3.29. The SMILES string of the molecule is COCCC(C(=O)O)n1cc(OC)c(-c2cc(Cl)ccc2-n2cnc(C(F)F)c2)cc1=O. The number of hydrogen-bond acceptors (Lipinski definition) is 5. The topological polar surface area (TPSA) is 95.6 Å². The zero-order valence-electron chi connectivity index (χ0n) is 17.2. The average molecular weight is 468 g/mol. The summed E-state index contributed by atoms with van der Waals surface area (Å²) in [4.78, 5) is 28.3. The first kappa shape index (κ1) is 23.4. The number of methoxy groups -OCH3 is 2. The van der Waals surface area contributed by atoms with Gasteiger partial charge in [-0.05, 0) is 18.2 Å². The molecule has 0 aliphatic heterocycles. The predicted molar refractivity (Wildman–Crippen MR) is 113 cm³/mol. The molecule has 0 radical (unpaired) electrons. The van der Waals surface area contributed by atoms with Crippen molar-refractivity contribution in [3.05, 3.63) is 64.1 Å². The van der Waals surface area contributed by atoms with E-state index in [1.54, 1.807) is 18.2 Å². The van der Waals surface area contributed by atoms with Crippen molar-refractivity contribution < 1.29 is 28.2 Å². The number of carboxylic acid groups (broad SMARTS) is 1. The highest BCUT2D eigenvalue weighted by Crippen LogP contribution is 2.36. The minimum Gasteiger partial charge on any atom is -0.495 e. The van der Waals surface area contributed by atoms with Gasteiger partial charge in [-0.2, -0.15) is 0 Å². The molecular weight excluding hydrogens is 448 g/mol. The summed E-state index contributed by atoms with van der Waals surface area (Å²) < 4.78 is 38.8. The molecule has 170 valence electrons. The number of alkyl halides is 2. The van der Waals surface area contributed by atoms with Crippen LogP contribution in [0.1, 0.15) is 24.6 Å². The number of hydrogen-bond donors (Lipinski definition) is 1. The van der Waals surface area contributed by atoms with Gasteiger partial charge in [0.1, 0.15) is 17.5 Å². The molecule has 3 aromatic rings.